The molecule has 2 unspecified atom stereocenters. The number of nitrogens with one attached hydrogen (secondary N) is 1. The number of carbonyl (C=O) groups excluding carboxylic acids is 2. The molecule has 0 saturated carbocycles. The van der Waals surface area contributed by atoms with Gasteiger partial charge in [0.15, 0.2) is 0 Å². The normalized spacial score (nSPS) is 12.8. The number of carbonyl (C=O) groups is 2. The molecule has 1 N–H and O–H groups in total. The van der Waals surface area contributed by atoms with E-state index >= 15 is 0 Å². The summed E-state index contributed by atoms with van der Waals surface area (Å²) in [7, 11) is -3.59. The maximum Gasteiger partial charge on any atom is 0.243 e. The fraction of sp³-hybridized carbons (Fsp3) is 0.394. The lowest BCUT2D eigenvalue weighted by Crippen LogP contribution is -2.52. The Hall–Kier alpha value is -3.07. The molecule has 0 spiro atoms. The summed E-state index contributed by atoms with van der Waals surface area (Å²) < 4.78 is 26.7. The third kappa shape index (κ3) is 9.98. The largest absolute Gasteiger partial charge is 0.352 e. The minimum absolute atomic E-state index is 0.0169. The van der Waals surface area contributed by atoms with Crippen molar-refractivity contribution < 1.29 is 18.0 Å². The maximum atomic E-state index is 14.0. The standard InChI is InChI=1S/C33H41Cl2N3O4S/c1-5-24(3)36-33(40)31(22-26-12-8-7-9-13-26)37(23-28-29(34)14-10-15-30(28)35)32(39)16-11-21-38(43(4,41)42)27-19-17-25(6-2)18-20-27/h7-10,12-15,17-20,24,31H,5-6,11,16,21-23H2,1-4H3,(H,36,40). The fourth-order valence-electron chi connectivity index (χ4n) is 4.75. The second-order valence-corrected chi connectivity index (χ2v) is 13.4. The molecule has 0 bridgehead atoms. The van der Waals surface area contributed by atoms with Gasteiger partial charge in [-0.2, -0.15) is 0 Å². The summed E-state index contributed by atoms with van der Waals surface area (Å²) in [5, 5.41) is 3.83. The number of sulfonamides is 1. The molecule has 43 heavy (non-hydrogen) atoms. The van der Waals surface area contributed by atoms with Gasteiger partial charge < -0.3 is 10.2 Å². The van der Waals surface area contributed by atoms with Crippen LogP contribution in [0.1, 0.15) is 56.7 Å². The molecule has 0 aromatic heterocycles. The molecule has 3 aromatic carbocycles. The van der Waals surface area contributed by atoms with Crippen molar-refractivity contribution >= 4 is 50.7 Å². The van der Waals surface area contributed by atoms with E-state index in [0.29, 0.717) is 21.3 Å². The molecule has 0 aliphatic heterocycles. The third-order valence-electron chi connectivity index (χ3n) is 7.45. The molecule has 3 aromatic rings. The van der Waals surface area contributed by atoms with E-state index in [1.807, 2.05) is 63.2 Å². The molecule has 232 valence electrons. The first-order valence-electron chi connectivity index (χ1n) is 14.6. The van der Waals surface area contributed by atoms with Gasteiger partial charge in [-0.15, -0.1) is 0 Å². The molecule has 0 fully saturated rings. The molecule has 0 aliphatic rings. The van der Waals surface area contributed by atoms with Crippen molar-refractivity contribution in [1.82, 2.24) is 10.2 Å². The lowest BCUT2D eigenvalue weighted by Gasteiger charge is -2.33. The highest BCUT2D eigenvalue weighted by Crippen LogP contribution is 2.28. The van der Waals surface area contributed by atoms with Crippen LogP contribution in [0.25, 0.3) is 0 Å². The van der Waals surface area contributed by atoms with E-state index in [0.717, 1.165) is 30.2 Å². The van der Waals surface area contributed by atoms with Crippen LogP contribution in [0, 0.1) is 0 Å². The van der Waals surface area contributed by atoms with Gasteiger partial charge in [-0.05, 0) is 61.6 Å². The topological polar surface area (TPSA) is 86.8 Å². The van der Waals surface area contributed by atoms with Crippen molar-refractivity contribution in [3.05, 3.63) is 99.5 Å². The Kier molecular flexibility index (Phi) is 12.9. The minimum atomic E-state index is -3.59. The highest BCUT2D eigenvalue weighted by Gasteiger charge is 2.32. The summed E-state index contributed by atoms with van der Waals surface area (Å²) >= 11 is 13.0. The van der Waals surface area contributed by atoms with Crippen molar-refractivity contribution in [2.75, 3.05) is 17.1 Å². The lowest BCUT2D eigenvalue weighted by atomic mass is 10.0. The van der Waals surface area contributed by atoms with Crippen LogP contribution in [0.15, 0.2) is 72.8 Å². The summed E-state index contributed by atoms with van der Waals surface area (Å²) in [6, 6.07) is 21.1. The number of hydrogen-bond donors (Lipinski definition) is 1. The second kappa shape index (κ2) is 16.1. The Morgan fingerprint density at radius 2 is 1.51 bits per heavy atom. The zero-order valence-electron chi connectivity index (χ0n) is 25.2. The fourth-order valence-corrected chi connectivity index (χ4v) is 6.23. The van der Waals surface area contributed by atoms with Crippen LogP contribution in [0.2, 0.25) is 10.0 Å². The molecule has 10 heteroatoms. The van der Waals surface area contributed by atoms with Crippen LogP contribution >= 0.6 is 23.2 Å². The number of halogens is 2. The number of hydrogen-bond acceptors (Lipinski definition) is 4. The lowest BCUT2D eigenvalue weighted by molar-refractivity contribution is -0.141. The molecular formula is C33H41Cl2N3O4S. The SMILES string of the molecule is CCc1ccc(N(CCCC(=O)N(Cc2c(Cl)cccc2Cl)C(Cc2ccccc2)C(=O)NC(C)CC)S(C)(=O)=O)cc1. The van der Waals surface area contributed by atoms with E-state index in [9.17, 15) is 18.0 Å². The summed E-state index contributed by atoms with van der Waals surface area (Å²) in [6.45, 7) is 6.06. The van der Waals surface area contributed by atoms with Crippen molar-refractivity contribution in [2.24, 2.45) is 0 Å². The number of nitrogens with zero attached hydrogens (tertiary/aromatic N) is 2. The first-order valence-corrected chi connectivity index (χ1v) is 17.2. The molecule has 2 amide bonds. The Bertz CT molecular complexity index is 1450. The molecule has 3 rings (SSSR count). The van der Waals surface area contributed by atoms with Crippen molar-refractivity contribution in [3.63, 3.8) is 0 Å². The molecule has 0 saturated heterocycles. The molecule has 0 aliphatic carbocycles. The zero-order valence-corrected chi connectivity index (χ0v) is 27.6. The predicted molar refractivity (Wildman–Crippen MR) is 176 cm³/mol. The molecule has 0 heterocycles. The van der Waals surface area contributed by atoms with Crippen LogP contribution in [0.3, 0.4) is 0 Å². The smallest absolute Gasteiger partial charge is 0.243 e. The van der Waals surface area contributed by atoms with E-state index in [2.05, 4.69) is 5.32 Å². The van der Waals surface area contributed by atoms with Gasteiger partial charge >= 0.3 is 0 Å². The zero-order chi connectivity index (χ0) is 31.6. The van der Waals surface area contributed by atoms with Crippen molar-refractivity contribution in [2.45, 2.75) is 71.5 Å². The average Bonchev–Trinajstić information content (AvgIpc) is 2.98. The number of benzene rings is 3. The Balaban J connectivity index is 1.92. The van der Waals surface area contributed by atoms with Gasteiger partial charge in [0, 0.05) is 47.6 Å². The first kappa shape index (κ1) is 34.4. The van der Waals surface area contributed by atoms with Gasteiger partial charge in [-0.3, -0.25) is 13.9 Å². The summed E-state index contributed by atoms with van der Waals surface area (Å²) in [5.74, 6) is -0.575. The van der Waals surface area contributed by atoms with Gasteiger partial charge in [0.2, 0.25) is 21.8 Å². The minimum Gasteiger partial charge on any atom is -0.352 e. The first-order chi connectivity index (χ1) is 20.4. The van der Waals surface area contributed by atoms with E-state index in [1.165, 1.54) is 9.21 Å². The third-order valence-corrected chi connectivity index (χ3v) is 9.35. The van der Waals surface area contributed by atoms with Crippen LogP contribution in [-0.2, 0) is 39.0 Å². The summed E-state index contributed by atoms with van der Waals surface area (Å²) in [4.78, 5) is 29.2. The van der Waals surface area contributed by atoms with Crippen LogP contribution in [0.4, 0.5) is 5.69 Å². The highest BCUT2D eigenvalue weighted by atomic mass is 35.5. The van der Waals surface area contributed by atoms with E-state index in [1.54, 1.807) is 30.3 Å². The maximum absolute atomic E-state index is 14.0. The van der Waals surface area contributed by atoms with E-state index in [-0.39, 0.29) is 50.2 Å². The summed E-state index contributed by atoms with van der Waals surface area (Å²) in [6.07, 6.45) is 3.28. The molecular weight excluding hydrogens is 605 g/mol. The number of aryl methyl sites for hydroxylation is 1. The van der Waals surface area contributed by atoms with Gasteiger partial charge in [-0.1, -0.05) is 85.6 Å². The van der Waals surface area contributed by atoms with Crippen molar-refractivity contribution in [1.29, 1.82) is 0 Å². The van der Waals surface area contributed by atoms with Gasteiger partial charge in [0.05, 0.1) is 11.9 Å². The van der Waals surface area contributed by atoms with Crippen LogP contribution in [0.5, 0.6) is 0 Å². The monoisotopic (exact) mass is 645 g/mol. The number of rotatable bonds is 15. The van der Waals surface area contributed by atoms with E-state index < -0.39 is 16.1 Å². The Morgan fingerprint density at radius 3 is 2.07 bits per heavy atom. The molecule has 2 atom stereocenters. The molecule has 0 radical (unpaired) electrons. The number of anilines is 1. The second-order valence-electron chi connectivity index (χ2n) is 10.7. The van der Waals surface area contributed by atoms with Crippen LogP contribution in [-0.4, -0.2) is 50.0 Å². The van der Waals surface area contributed by atoms with Crippen molar-refractivity contribution in [3.8, 4) is 0 Å². The highest BCUT2D eigenvalue weighted by molar-refractivity contribution is 7.92. The van der Waals surface area contributed by atoms with Gasteiger partial charge in [0.1, 0.15) is 6.04 Å². The Morgan fingerprint density at radius 1 is 0.884 bits per heavy atom. The summed E-state index contributed by atoms with van der Waals surface area (Å²) in [5.41, 5.74) is 3.08. The van der Waals surface area contributed by atoms with E-state index in [4.69, 9.17) is 23.2 Å². The molecule has 7 nitrogen and oxygen atoms in total. The average molecular weight is 647 g/mol. The quantitative estimate of drug-likeness (QED) is 0.200. The number of amides is 2. The van der Waals surface area contributed by atoms with Crippen LogP contribution < -0.4 is 9.62 Å². The predicted octanol–water partition coefficient (Wildman–Crippen LogP) is 6.66. The Labute approximate surface area is 266 Å². The van der Waals surface area contributed by atoms with Gasteiger partial charge in [-0.25, -0.2) is 8.42 Å². The van der Waals surface area contributed by atoms with Gasteiger partial charge in [0.25, 0.3) is 0 Å².